The molecular weight excluding hydrogens is 237 g/mol. The Morgan fingerprint density at radius 1 is 1.62 bits per heavy atom. The molecule has 0 amide bonds. The largest absolute Gasteiger partial charge is 0.508 e. The van der Waals surface area contributed by atoms with Crippen LogP contribution in [0.4, 0.5) is 4.39 Å². The smallest absolute Gasteiger partial charge is 0.144 e. The highest BCUT2D eigenvalue weighted by molar-refractivity contribution is 9.10. The van der Waals surface area contributed by atoms with Gasteiger partial charge in [-0.25, -0.2) is 4.39 Å². The van der Waals surface area contributed by atoms with Gasteiger partial charge in [-0.15, -0.1) is 0 Å². The summed E-state index contributed by atoms with van der Waals surface area (Å²) in [5.74, 6) is -0.658. The maximum Gasteiger partial charge on any atom is 0.144 e. The van der Waals surface area contributed by atoms with Crippen molar-refractivity contribution in [3.8, 4) is 5.75 Å². The monoisotopic (exact) mass is 247 g/mol. The van der Waals surface area contributed by atoms with E-state index in [1.54, 1.807) is 6.92 Å². The molecule has 0 spiro atoms. The van der Waals surface area contributed by atoms with Crippen LogP contribution >= 0.6 is 15.9 Å². The Hall–Kier alpha value is -0.610. The van der Waals surface area contributed by atoms with E-state index in [-0.39, 0.29) is 17.2 Å². The van der Waals surface area contributed by atoms with Gasteiger partial charge in [-0.1, -0.05) is 6.92 Å². The summed E-state index contributed by atoms with van der Waals surface area (Å²) in [4.78, 5) is 0. The number of phenols is 1. The number of halogens is 2. The van der Waals surface area contributed by atoms with Crippen molar-refractivity contribution in [3.05, 3.63) is 28.0 Å². The molecule has 1 unspecified atom stereocenters. The first kappa shape index (κ1) is 10.5. The van der Waals surface area contributed by atoms with Crippen LogP contribution < -0.4 is 5.73 Å². The Bertz CT molecular complexity index is 317. The number of rotatable bonds is 2. The van der Waals surface area contributed by atoms with Crippen LogP contribution in [0.2, 0.25) is 0 Å². The Kier molecular flexibility index (Phi) is 3.27. The molecule has 1 atom stereocenters. The molecule has 0 fully saturated rings. The van der Waals surface area contributed by atoms with Crippen molar-refractivity contribution in [2.24, 2.45) is 5.73 Å². The van der Waals surface area contributed by atoms with Crippen molar-refractivity contribution in [2.75, 3.05) is 6.54 Å². The van der Waals surface area contributed by atoms with Crippen LogP contribution in [0.15, 0.2) is 16.6 Å². The number of nitrogens with two attached hydrogens (primary N) is 1. The van der Waals surface area contributed by atoms with Crippen LogP contribution in [0.25, 0.3) is 0 Å². The van der Waals surface area contributed by atoms with Gasteiger partial charge in [0.1, 0.15) is 11.6 Å². The van der Waals surface area contributed by atoms with Crippen molar-refractivity contribution in [3.63, 3.8) is 0 Å². The van der Waals surface area contributed by atoms with Gasteiger partial charge in [0, 0.05) is 5.56 Å². The molecular formula is C9H11BrFNO. The lowest BCUT2D eigenvalue weighted by molar-refractivity contribution is 0.451. The van der Waals surface area contributed by atoms with E-state index in [1.807, 2.05) is 0 Å². The molecule has 0 heterocycles. The van der Waals surface area contributed by atoms with Gasteiger partial charge in [-0.05, 0) is 40.5 Å². The molecule has 2 nitrogen and oxygen atoms in total. The minimum absolute atomic E-state index is 0.0429. The van der Waals surface area contributed by atoms with E-state index in [1.165, 1.54) is 12.1 Å². The number of hydrogen-bond donors (Lipinski definition) is 2. The van der Waals surface area contributed by atoms with Crippen molar-refractivity contribution in [2.45, 2.75) is 12.8 Å². The highest BCUT2D eigenvalue weighted by atomic mass is 79.9. The molecule has 72 valence electrons. The van der Waals surface area contributed by atoms with E-state index in [0.717, 1.165) is 0 Å². The minimum Gasteiger partial charge on any atom is -0.508 e. The second-order valence-corrected chi connectivity index (χ2v) is 3.79. The van der Waals surface area contributed by atoms with E-state index in [2.05, 4.69) is 15.9 Å². The fraction of sp³-hybridized carbons (Fsp3) is 0.333. The molecule has 0 aliphatic rings. The van der Waals surface area contributed by atoms with Crippen LogP contribution in [0.1, 0.15) is 18.4 Å². The fourth-order valence-corrected chi connectivity index (χ4v) is 1.49. The van der Waals surface area contributed by atoms with Crippen molar-refractivity contribution in [1.29, 1.82) is 0 Å². The Morgan fingerprint density at radius 3 is 2.77 bits per heavy atom. The van der Waals surface area contributed by atoms with E-state index in [9.17, 15) is 9.50 Å². The van der Waals surface area contributed by atoms with Crippen molar-refractivity contribution >= 4 is 15.9 Å². The van der Waals surface area contributed by atoms with Crippen LogP contribution in [0.5, 0.6) is 5.75 Å². The first-order valence-electron chi connectivity index (χ1n) is 3.94. The highest BCUT2D eigenvalue weighted by Gasteiger charge is 2.16. The average molecular weight is 248 g/mol. The summed E-state index contributed by atoms with van der Waals surface area (Å²) in [5, 5.41) is 9.40. The Balaban J connectivity index is 3.25. The first-order chi connectivity index (χ1) is 6.07. The second-order valence-electron chi connectivity index (χ2n) is 2.93. The van der Waals surface area contributed by atoms with Gasteiger partial charge < -0.3 is 10.8 Å². The molecule has 0 aliphatic heterocycles. The second kappa shape index (κ2) is 4.07. The summed E-state index contributed by atoms with van der Waals surface area (Å²) >= 11 is 3.05. The van der Waals surface area contributed by atoms with Gasteiger partial charge in [-0.3, -0.25) is 0 Å². The quantitative estimate of drug-likeness (QED) is 0.843. The molecule has 0 aliphatic carbocycles. The lowest BCUT2D eigenvalue weighted by Crippen LogP contribution is -2.10. The zero-order chi connectivity index (χ0) is 10.0. The topological polar surface area (TPSA) is 46.2 Å². The lowest BCUT2D eigenvalue weighted by Gasteiger charge is -2.12. The van der Waals surface area contributed by atoms with Crippen LogP contribution in [0, 0.1) is 5.82 Å². The van der Waals surface area contributed by atoms with E-state index >= 15 is 0 Å². The number of benzene rings is 1. The average Bonchev–Trinajstić information content (AvgIpc) is 2.12. The molecule has 0 aromatic heterocycles. The number of phenolic OH excluding ortho intramolecular Hbond substituents is 1. The fourth-order valence-electron chi connectivity index (χ4n) is 1.14. The van der Waals surface area contributed by atoms with Gasteiger partial charge in [0.05, 0.1) is 4.47 Å². The SMILES string of the molecule is CC(CN)c1c(O)ccc(Br)c1F. The Morgan fingerprint density at radius 2 is 2.23 bits per heavy atom. The van der Waals surface area contributed by atoms with E-state index in [0.29, 0.717) is 11.0 Å². The number of hydrogen-bond acceptors (Lipinski definition) is 2. The molecule has 1 aromatic rings. The van der Waals surface area contributed by atoms with Crippen molar-refractivity contribution < 1.29 is 9.50 Å². The van der Waals surface area contributed by atoms with Crippen LogP contribution in [-0.2, 0) is 0 Å². The molecule has 4 heteroatoms. The summed E-state index contributed by atoms with van der Waals surface area (Å²) < 4.78 is 13.8. The summed E-state index contributed by atoms with van der Waals surface area (Å²) in [7, 11) is 0. The predicted octanol–water partition coefficient (Wildman–Crippen LogP) is 2.36. The van der Waals surface area contributed by atoms with E-state index in [4.69, 9.17) is 5.73 Å². The van der Waals surface area contributed by atoms with E-state index < -0.39 is 5.82 Å². The summed E-state index contributed by atoms with van der Waals surface area (Å²) in [6.45, 7) is 2.07. The molecule has 0 saturated carbocycles. The predicted molar refractivity (Wildman–Crippen MR) is 53.2 cm³/mol. The van der Waals surface area contributed by atoms with Gasteiger partial charge >= 0.3 is 0 Å². The van der Waals surface area contributed by atoms with Gasteiger partial charge in [0.25, 0.3) is 0 Å². The molecule has 1 rings (SSSR count). The van der Waals surface area contributed by atoms with Crippen LogP contribution in [0.3, 0.4) is 0 Å². The number of aromatic hydroxyl groups is 1. The normalized spacial score (nSPS) is 12.9. The Labute approximate surface area is 84.7 Å². The molecule has 3 N–H and O–H groups in total. The molecule has 0 saturated heterocycles. The molecule has 1 aromatic carbocycles. The minimum atomic E-state index is -0.432. The summed E-state index contributed by atoms with van der Waals surface area (Å²) in [6.07, 6.45) is 0. The third-order valence-electron chi connectivity index (χ3n) is 1.96. The van der Waals surface area contributed by atoms with Crippen molar-refractivity contribution in [1.82, 2.24) is 0 Å². The van der Waals surface area contributed by atoms with Gasteiger partial charge in [0.2, 0.25) is 0 Å². The summed E-state index contributed by atoms with van der Waals surface area (Å²) in [6, 6.07) is 2.92. The lowest BCUT2D eigenvalue weighted by atomic mass is 10.00. The zero-order valence-electron chi connectivity index (χ0n) is 7.22. The third kappa shape index (κ3) is 2.00. The molecule has 0 bridgehead atoms. The van der Waals surface area contributed by atoms with Crippen LogP contribution in [-0.4, -0.2) is 11.7 Å². The maximum atomic E-state index is 13.4. The zero-order valence-corrected chi connectivity index (χ0v) is 8.81. The first-order valence-corrected chi connectivity index (χ1v) is 4.74. The van der Waals surface area contributed by atoms with Gasteiger partial charge in [0.15, 0.2) is 0 Å². The summed E-state index contributed by atoms with van der Waals surface area (Å²) in [5.41, 5.74) is 5.67. The maximum absolute atomic E-state index is 13.4. The standard InChI is InChI=1S/C9H11BrFNO/c1-5(4-12)8-7(13)3-2-6(10)9(8)11/h2-3,5,13H,4,12H2,1H3. The highest BCUT2D eigenvalue weighted by Crippen LogP contribution is 2.31. The molecule has 0 radical (unpaired) electrons. The third-order valence-corrected chi connectivity index (χ3v) is 2.57. The van der Waals surface area contributed by atoms with Gasteiger partial charge in [-0.2, -0.15) is 0 Å². The molecule has 13 heavy (non-hydrogen) atoms.